The van der Waals surface area contributed by atoms with E-state index < -0.39 is 10.5 Å². The summed E-state index contributed by atoms with van der Waals surface area (Å²) in [5.74, 6) is 0.803. The molecule has 1 heterocycles. The summed E-state index contributed by atoms with van der Waals surface area (Å²) < 4.78 is 15.4. The molecule has 17 heavy (non-hydrogen) atoms. The van der Waals surface area contributed by atoms with E-state index in [4.69, 9.17) is 14.2 Å². The van der Waals surface area contributed by atoms with E-state index in [-0.39, 0.29) is 5.69 Å². The topological polar surface area (TPSA) is 74.1 Å². The first-order valence-corrected chi connectivity index (χ1v) is 5.06. The van der Waals surface area contributed by atoms with Crippen LogP contribution in [0.15, 0.2) is 12.1 Å². The molecule has 0 bridgehead atoms. The standard InChI is InChI=1S/C11H13NO5/c1-11(6-17-11)7-4-9(15-2)10(16-3)5-8(7)12(13)14/h4-5H,6H2,1-3H3. The van der Waals surface area contributed by atoms with Crippen LogP contribution in [-0.4, -0.2) is 25.7 Å². The summed E-state index contributed by atoms with van der Waals surface area (Å²) in [4.78, 5) is 10.6. The molecule has 2 rings (SSSR count). The van der Waals surface area contributed by atoms with Gasteiger partial charge in [0.15, 0.2) is 11.5 Å². The van der Waals surface area contributed by atoms with Crippen molar-refractivity contribution in [2.75, 3.05) is 20.8 Å². The monoisotopic (exact) mass is 239 g/mol. The zero-order chi connectivity index (χ0) is 12.6. The van der Waals surface area contributed by atoms with Gasteiger partial charge in [0.25, 0.3) is 5.69 Å². The van der Waals surface area contributed by atoms with E-state index in [1.54, 1.807) is 13.0 Å². The van der Waals surface area contributed by atoms with Crippen LogP contribution in [0.3, 0.4) is 0 Å². The first-order valence-electron chi connectivity index (χ1n) is 5.06. The zero-order valence-corrected chi connectivity index (χ0v) is 9.85. The Morgan fingerprint density at radius 3 is 2.29 bits per heavy atom. The Labute approximate surface area is 98.2 Å². The number of ether oxygens (including phenoxy) is 3. The van der Waals surface area contributed by atoms with Crippen molar-refractivity contribution in [2.45, 2.75) is 12.5 Å². The number of epoxide rings is 1. The minimum atomic E-state index is -0.581. The highest BCUT2D eigenvalue weighted by atomic mass is 16.6. The maximum Gasteiger partial charge on any atom is 0.279 e. The lowest BCUT2D eigenvalue weighted by Gasteiger charge is -2.12. The number of hydrogen-bond acceptors (Lipinski definition) is 5. The number of nitro benzene ring substituents is 1. The third-order valence-electron chi connectivity index (χ3n) is 2.85. The van der Waals surface area contributed by atoms with Crippen molar-refractivity contribution < 1.29 is 19.1 Å². The molecule has 0 saturated carbocycles. The molecule has 0 N–H and O–H groups in total. The molecule has 0 radical (unpaired) electrons. The molecule has 92 valence electrons. The highest BCUT2D eigenvalue weighted by Gasteiger charge is 2.46. The Balaban J connectivity index is 2.59. The molecule has 0 aromatic heterocycles. The minimum absolute atomic E-state index is 0.0114. The second-order valence-corrected chi connectivity index (χ2v) is 4.00. The average molecular weight is 239 g/mol. The number of methoxy groups -OCH3 is 2. The fourth-order valence-electron chi connectivity index (χ4n) is 1.71. The van der Waals surface area contributed by atoms with E-state index in [0.717, 1.165) is 0 Å². The van der Waals surface area contributed by atoms with Gasteiger partial charge in [-0.25, -0.2) is 0 Å². The molecule has 0 spiro atoms. The summed E-state index contributed by atoms with van der Waals surface area (Å²) in [6.45, 7) is 2.28. The van der Waals surface area contributed by atoms with Gasteiger partial charge in [-0.3, -0.25) is 10.1 Å². The molecule has 1 atom stereocenters. The number of nitro groups is 1. The molecule has 1 aromatic carbocycles. The SMILES string of the molecule is COc1cc([N+](=O)[O-])c(C2(C)CO2)cc1OC. The normalized spacial score (nSPS) is 22.1. The van der Waals surface area contributed by atoms with Gasteiger partial charge in [0, 0.05) is 0 Å². The van der Waals surface area contributed by atoms with Gasteiger partial charge in [-0.05, 0) is 13.0 Å². The van der Waals surface area contributed by atoms with Gasteiger partial charge < -0.3 is 14.2 Å². The number of nitrogens with zero attached hydrogens (tertiary/aromatic N) is 1. The molecular formula is C11H13NO5. The van der Waals surface area contributed by atoms with Gasteiger partial charge in [-0.15, -0.1) is 0 Å². The Morgan fingerprint density at radius 2 is 1.88 bits per heavy atom. The van der Waals surface area contributed by atoms with Crippen LogP contribution in [-0.2, 0) is 10.3 Å². The number of rotatable bonds is 4. The third kappa shape index (κ3) is 1.91. The molecule has 1 aliphatic rings. The summed E-state index contributed by atoms with van der Waals surface area (Å²) in [6, 6.07) is 2.96. The molecule has 1 aromatic rings. The lowest BCUT2D eigenvalue weighted by atomic mass is 9.99. The maximum absolute atomic E-state index is 11.0. The van der Waals surface area contributed by atoms with E-state index in [9.17, 15) is 10.1 Å². The van der Waals surface area contributed by atoms with Crippen LogP contribution in [0.2, 0.25) is 0 Å². The molecule has 1 fully saturated rings. The minimum Gasteiger partial charge on any atom is -0.493 e. The van der Waals surface area contributed by atoms with Crippen LogP contribution in [0.5, 0.6) is 11.5 Å². The van der Waals surface area contributed by atoms with Crippen LogP contribution in [0.4, 0.5) is 5.69 Å². The summed E-state index contributed by atoms with van der Waals surface area (Å²) >= 11 is 0. The van der Waals surface area contributed by atoms with Crippen LogP contribution in [0, 0.1) is 10.1 Å². The van der Waals surface area contributed by atoms with Crippen molar-refractivity contribution in [3.05, 3.63) is 27.8 Å². The first kappa shape index (κ1) is 11.7. The summed E-state index contributed by atoms with van der Waals surface area (Å²) in [6.07, 6.45) is 0. The first-order chi connectivity index (χ1) is 8.01. The highest BCUT2D eigenvalue weighted by Crippen LogP contribution is 2.46. The van der Waals surface area contributed by atoms with E-state index in [2.05, 4.69) is 0 Å². The summed E-state index contributed by atoms with van der Waals surface area (Å²) in [5.41, 5.74) is -0.0788. The summed E-state index contributed by atoms with van der Waals surface area (Å²) in [7, 11) is 2.93. The molecule has 6 heteroatoms. The average Bonchev–Trinajstić information content (AvgIpc) is 3.06. The smallest absolute Gasteiger partial charge is 0.279 e. The summed E-state index contributed by atoms with van der Waals surface area (Å²) in [5, 5.41) is 11.0. The second kappa shape index (κ2) is 3.89. The molecule has 0 aliphatic carbocycles. The van der Waals surface area contributed by atoms with Crippen LogP contribution >= 0.6 is 0 Å². The van der Waals surface area contributed by atoms with Crippen molar-refractivity contribution >= 4 is 5.69 Å². The molecule has 0 amide bonds. The molecule has 1 aliphatic heterocycles. The van der Waals surface area contributed by atoms with Gasteiger partial charge in [0.05, 0.1) is 37.4 Å². The Morgan fingerprint density at radius 1 is 1.35 bits per heavy atom. The van der Waals surface area contributed by atoms with Gasteiger partial charge in [-0.2, -0.15) is 0 Å². The maximum atomic E-state index is 11.0. The van der Waals surface area contributed by atoms with Crippen molar-refractivity contribution in [3.8, 4) is 11.5 Å². The van der Waals surface area contributed by atoms with Crippen LogP contribution in [0.1, 0.15) is 12.5 Å². The van der Waals surface area contributed by atoms with Gasteiger partial charge >= 0.3 is 0 Å². The largest absolute Gasteiger partial charge is 0.493 e. The van der Waals surface area contributed by atoms with Crippen LogP contribution < -0.4 is 9.47 Å². The third-order valence-corrected chi connectivity index (χ3v) is 2.85. The predicted molar refractivity (Wildman–Crippen MR) is 59.5 cm³/mol. The zero-order valence-electron chi connectivity index (χ0n) is 9.85. The lowest BCUT2D eigenvalue weighted by molar-refractivity contribution is -0.386. The Bertz CT molecular complexity index is 467. The molecule has 1 saturated heterocycles. The highest BCUT2D eigenvalue weighted by molar-refractivity contribution is 5.57. The van der Waals surface area contributed by atoms with Crippen molar-refractivity contribution in [3.63, 3.8) is 0 Å². The quantitative estimate of drug-likeness (QED) is 0.455. The van der Waals surface area contributed by atoms with E-state index in [1.165, 1.54) is 20.3 Å². The fourth-order valence-corrected chi connectivity index (χ4v) is 1.71. The number of benzene rings is 1. The molecular weight excluding hydrogens is 226 g/mol. The van der Waals surface area contributed by atoms with E-state index in [1.807, 2.05) is 0 Å². The van der Waals surface area contributed by atoms with Crippen LogP contribution in [0.25, 0.3) is 0 Å². The lowest BCUT2D eigenvalue weighted by Crippen LogP contribution is -2.08. The van der Waals surface area contributed by atoms with Crippen molar-refractivity contribution in [1.82, 2.24) is 0 Å². The molecule has 1 unspecified atom stereocenters. The van der Waals surface area contributed by atoms with E-state index in [0.29, 0.717) is 23.7 Å². The van der Waals surface area contributed by atoms with Gasteiger partial charge in [-0.1, -0.05) is 0 Å². The van der Waals surface area contributed by atoms with Crippen molar-refractivity contribution in [2.24, 2.45) is 0 Å². The predicted octanol–water partition coefficient (Wildman–Crippen LogP) is 1.86. The van der Waals surface area contributed by atoms with Gasteiger partial charge in [0.2, 0.25) is 0 Å². The van der Waals surface area contributed by atoms with E-state index >= 15 is 0 Å². The Hall–Kier alpha value is -1.82. The fraction of sp³-hybridized carbons (Fsp3) is 0.455. The number of hydrogen-bond donors (Lipinski definition) is 0. The second-order valence-electron chi connectivity index (χ2n) is 4.00. The molecule has 6 nitrogen and oxygen atoms in total. The van der Waals surface area contributed by atoms with Gasteiger partial charge in [0.1, 0.15) is 5.60 Å². The Kier molecular flexibility index (Phi) is 2.66. The van der Waals surface area contributed by atoms with Crippen molar-refractivity contribution in [1.29, 1.82) is 0 Å².